The fourth-order valence-electron chi connectivity index (χ4n) is 1.82. The van der Waals surface area contributed by atoms with Gasteiger partial charge in [0.2, 0.25) is 0 Å². The summed E-state index contributed by atoms with van der Waals surface area (Å²) in [6, 6.07) is 2.61. The van der Waals surface area contributed by atoms with Gasteiger partial charge < -0.3 is 11.1 Å². The highest BCUT2D eigenvalue weighted by Gasteiger charge is 2.27. The molecule has 1 saturated carbocycles. The molecule has 1 fully saturated rings. The second kappa shape index (κ2) is 5.10. The van der Waals surface area contributed by atoms with Crippen LogP contribution in [0.4, 0.5) is 0 Å². The number of hydrogen-bond acceptors (Lipinski definition) is 3. The lowest BCUT2D eigenvalue weighted by Crippen LogP contribution is -2.28. The van der Waals surface area contributed by atoms with Crippen LogP contribution in [0.15, 0.2) is 11.4 Å². The third-order valence-electron chi connectivity index (χ3n) is 3.14. The lowest BCUT2D eigenvalue weighted by Gasteiger charge is -2.10. The summed E-state index contributed by atoms with van der Waals surface area (Å²) in [6.45, 7) is 4.22. The average molecular weight is 224 g/mol. The number of nitrogens with one attached hydrogen (secondary N) is 1. The van der Waals surface area contributed by atoms with Crippen LogP contribution in [0.25, 0.3) is 0 Å². The Labute approximate surface area is 95.9 Å². The van der Waals surface area contributed by atoms with E-state index in [1.54, 1.807) is 0 Å². The Hall–Kier alpha value is -0.380. The molecule has 0 radical (unpaired) electrons. The maximum atomic E-state index is 6.03. The zero-order valence-corrected chi connectivity index (χ0v) is 10.1. The molecule has 1 atom stereocenters. The first kappa shape index (κ1) is 11.1. The maximum Gasteiger partial charge on any atom is 0.0302 e. The summed E-state index contributed by atoms with van der Waals surface area (Å²) in [5.41, 5.74) is 7.43. The van der Waals surface area contributed by atoms with E-state index in [0.717, 1.165) is 25.4 Å². The average Bonchev–Trinajstić information content (AvgIpc) is 2.99. The van der Waals surface area contributed by atoms with Gasteiger partial charge >= 0.3 is 0 Å². The molecule has 1 heterocycles. The van der Waals surface area contributed by atoms with Crippen molar-refractivity contribution in [1.82, 2.24) is 5.32 Å². The highest BCUT2D eigenvalue weighted by Crippen LogP contribution is 2.32. The Balaban J connectivity index is 1.60. The minimum atomic E-state index is 0.432. The molecule has 0 saturated heterocycles. The van der Waals surface area contributed by atoms with E-state index in [1.807, 2.05) is 11.3 Å². The normalized spacial score (nSPS) is 18.0. The van der Waals surface area contributed by atoms with Gasteiger partial charge in [-0.05, 0) is 55.7 Å². The third-order valence-corrected chi connectivity index (χ3v) is 4.16. The van der Waals surface area contributed by atoms with E-state index in [0.29, 0.717) is 6.04 Å². The molecule has 2 nitrogen and oxygen atoms in total. The van der Waals surface area contributed by atoms with Crippen molar-refractivity contribution in [2.75, 3.05) is 6.54 Å². The van der Waals surface area contributed by atoms with Crippen LogP contribution in [0.5, 0.6) is 0 Å². The van der Waals surface area contributed by atoms with Crippen molar-refractivity contribution in [3.05, 3.63) is 21.9 Å². The van der Waals surface area contributed by atoms with Gasteiger partial charge in [-0.25, -0.2) is 0 Å². The van der Waals surface area contributed by atoms with E-state index in [4.69, 9.17) is 5.73 Å². The van der Waals surface area contributed by atoms with Crippen LogP contribution in [0.3, 0.4) is 0 Å². The summed E-state index contributed by atoms with van der Waals surface area (Å²) < 4.78 is 0. The Morgan fingerprint density at radius 1 is 1.60 bits per heavy atom. The van der Waals surface area contributed by atoms with Gasteiger partial charge in [0.25, 0.3) is 0 Å². The van der Waals surface area contributed by atoms with E-state index >= 15 is 0 Å². The van der Waals surface area contributed by atoms with E-state index in [-0.39, 0.29) is 0 Å². The number of rotatable bonds is 6. The molecule has 1 aromatic heterocycles. The molecule has 1 aliphatic carbocycles. The maximum absolute atomic E-state index is 6.03. The van der Waals surface area contributed by atoms with Gasteiger partial charge in [0.15, 0.2) is 0 Å². The highest BCUT2D eigenvalue weighted by atomic mass is 32.1. The van der Waals surface area contributed by atoms with Gasteiger partial charge in [-0.1, -0.05) is 0 Å². The van der Waals surface area contributed by atoms with Crippen molar-refractivity contribution in [3.8, 4) is 0 Å². The molecule has 1 aliphatic rings. The molecule has 0 amide bonds. The van der Waals surface area contributed by atoms with Crippen LogP contribution in [-0.4, -0.2) is 12.6 Å². The summed E-state index contributed by atoms with van der Waals surface area (Å²) in [5, 5.41) is 5.63. The zero-order chi connectivity index (χ0) is 10.7. The smallest absolute Gasteiger partial charge is 0.0302 e. The third kappa shape index (κ3) is 3.30. The molecule has 3 N–H and O–H groups in total. The molecule has 0 spiro atoms. The van der Waals surface area contributed by atoms with Gasteiger partial charge in [-0.2, -0.15) is 0 Å². The fourth-order valence-corrected chi connectivity index (χ4v) is 2.69. The minimum Gasteiger partial charge on any atom is -0.327 e. The molecule has 1 unspecified atom stereocenters. The van der Waals surface area contributed by atoms with Crippen LogP contribution < -0.4 is 11.1 Å². The Morgan fingerprint density at radius 3 is 3.00 bits per heavy atom. The first-order valence-corrected chi connectivity index (χ1v) is 6.64. The molecule has 2 rings (SSSR count). The summed E-state index contributed by atoms with van der Waals surface area (Å²) in [4.78, 5) is 1.45. The van der Waals surface area contributed by atoms with Crippen molar-refractivity contribution in [1.29, 1.82) is 0 Å². The molecule has 0 aliphatic heterocycles. The molecule has 3 heteroatoms. The number of hydrogen-bond donors (Lipinski definition) is 2. The van der Waals surface area contributed by atoms with Gasteiger partial charge in [0.1, 0.15) is 0 Å². The second-order valence-electron chi connectivity index (χ2n) is 4.49. The summed E-state index contributed by atoms with van der Waals surface area (Å²) in [5.74, 6) is 0.829. The van der Waals surface area contributed by atoms with Crippen molar-refractivity contribution in [2.24, 2.45) is 11.7 Å². The van der Waals surface area contributed by atoms with E-state index < -0.39 is 0 Å². The number of nitrogens with two attached hydrogens (primary N) is 1. The molecule has 1 aromatic rings. The highest BCUT2D eigenvalue weighted by molar-refractivity contribution is 7.10. The number of aryl methyl sites for hydroxylation is 1. The molecule has 15 heavy (non-hydrogen) atoms. The lowest BCUT2D eigenvalue weighted by atomic mass is 10.1. The van der Waals surface area contributed by atoms with Gasteiger partial charge in [0.05, 0.1) is 0 Å². The first-order chi connectivity index (χ1) is 7.27. The molecule has 0 aromatic carbocycles. The summed E-state index contributed by atoms with van der Waals surface area (Å²) >= 11 is 1.83. The van der Waals surface area contributed by atoms with Crippen molar-refractivity contribution in [3.63, 3.8) is 0 Å². The second-order valence-corrected chi connectivity index (χ2v) is 5.49. The lowest BCUT2D eigenvalue weighted by molar-refractivity contribution is 0.518. The molecule has 84 valence electrons. The fraction of sp³-hybridized carbons (Fsp3) is 0.667. The zero-order valence-electron chi connectivity index (χ0n) is 9.33. The minimum absolute atomic E-state index is 0.432. The SMILES string of the molecule is Cc1ccsc1CNCCC(N)C1CC1. The summed E-state index contributed by atoms with van der Waals surface area (Å²) in [6.07, 6.45) is 3.82. The van der Waals surface area contributed by atoms with Gasteiger partial charge in [-0.15, -0.1) is 11.3 Å². The van der Waals surface area contributed by atoms with Crippen LogP contribution >= 0.6 is 11.3 Å². The molecule has 0 bridgehead atoms. The van der Waals surface area contributed by atoms with E-state index in [1.165, 1.54) is 23.3 Å². The van der Waals surface area contributed by atoms with Gasteiger partial charge in [-0.3, -0.25) is 0 Å². The van der Waals surface area contributed by atoms with Crippen molar-refractivity contribution < 1.29 is 0 Å². The number of thiophene rings is 1. The van der Waals surface area contributed by atoms with Crippen LogP contribution in [0.2, 0.25) is 0 Å². The van der Waals surface area contributed by atoms with Crippen LogP contribution in [-0.2, 0) is 6.54 Å². The quantitative estimate of drug-likeness (QED) is 0.728. The first-order valence-electron chi connectivity index (χ1n) is 5.76. The van der Waals surface area contributed by atoms with Crippen molar-refractivity contribution in [2.45, 2.75) is 38.8 Å². The van der Waals surface area contributed by atoms with Crippen molar-refractivity contribution >= 4 is 11.3 Å². The summed E-state index contributed by atoms with van der Waals surface area (Å²) in [7, 11) is 0. The Kier molecular flexibility index (Phi) is 3.78. The standard InChI is InChI=1S/C12H20N2S/c1-9-5-7-15-12(9)8-14-6-4-11(13)10-2-3-10/h5,7,10-11,14H,2-4,6,8,13H2,1H3. The topological polar surface area (TPSA) is 38.0 Å². The van der Waals surface area contributed by atoms with E-state index in [9.17, 15) is 0 Å². The molecular weight excluding hydrogens is 204 g/mol. The molecular formula is C12H20N2S. The predicted molar refractivity (Wildman–Crippen MR) is 66.1 cm³/mol. The predicted octanol–water partition coefficient (Wildman–Crippen LogP) is 2.27. The van der Waals surface area contributed by atoms with Gasteiger partial charge in [0, 0.05) is 17.5 Å². The largest absolute Gasteiger partial charge is 0.327 e. The van der Waals surface area contributed by atoms with Crippen LogP contribution in [0.1, 0.15) is 29.7 Å². The van der Waals surface area contributed by atoms with E-state index in [2.05, 4.69) is 23.7 Å². The van der Waals surface area contributed by atoms with Crippen LogP contribution in [0, 0.1) is 12.8 Å². The monoisotopic (exact) mass is 224 g/mol. The Morgan fingerprint density at radius 2 is 2.40 bits per heavy atom. The Bertz CT molecular complexity index is 304.